The molecule has 0 saturated heterocycles. The molecule has 0 aromatic rings. The normalized spacial score (nSPS) is 11.4. The summed E-state index contributed by atoms with van der Waals surface area (Å²) in [5.74, 6) is 0. The monoisotopic (exact) mass is 452 g/mol. The minimum atomic E-state index is -1.61. The lowest BCUT2D eigenvalue weighted by atomic mass is 10.1. The molecule has 25 heavy (non-hydrogen) atoms. The van der Waals surface area contributed by atoms with E-state index in [1.54, 1.807) is 0 Å². The summed E-state index contributed by atoms with van der Waals surface area (Å²) in [4.78, 5) is 10.5. The fourth-order valence-corrected chi connectivity index (χ4v) is 2.47. The van der Waals surface area contributed by atoms with Crippen molar-refractivity contribution in [2.75, 3.05) is 0 Å². The second-order valence-corrected chi connectivity index (χ2v) is 9.97. The van der Waals surface area contributed by atoms with Gasteiger partial charge < -0.3 is 0 Å². The quantitative estimate of drug-likeness (QED) is 0.104. The molecule has 0 N–H and O–H groups in total. The molecular weight excluding hydrogens is 421 g/mol. The van der Waals surface area contributed by atoms with Gasteiger partial charge in [0.15, 0.2) is 0 Å². The zero-order valence-corrected chi connectivity index (χ0v) is 19.1. The molecule has 0 unspecified atom stereocenters. The summed E-state index contributed by atoms with van der Waals surface area (Å²) < 4.78 is -1.61. The Bertz CT molecular complexity index is 307. The molecule has 0 bridgehead atoms. The van der Waals surface area contributed by atoms with Crippen LogP contribution in [0.3, 0.4) is 0 Å². The summed E-state index contributed by atoms with van der Waals surface area (Å²) in [7, 11) is 0. The van der Waals surface area contributed by atoms with Crippen molar-refractivity contribution in [2.24, 2.45) is 0 Å². The maximum atomic E-state index is 10.5. The number of alkyl halides is 4. The van der Waals surface area contributed by atoms with Gasteiger partial charge in [0.2, 0.25) is 5.24 Å². The number of halogens is 5. The molecule has 0 aliphatic carbocycles. The predicted molar refractivity (Wildman–Crippen MR) is 116 cm³/mol. The maximum Gasteiger partial charge on any atom is 0.266 e. The molecular formula is C19H33Cl5O. The lowest BCUT2D eigenvalue weighted by Gasteiger charge is -1.99. The van der Waals surface area contributed by atoms with Crippen molar-refractivity contribution < 1.29 is 4.79 Å². The molecule has 0 fully saturated rings. The Labute approximate surface area is 179 Å². The van der Waals surface area contributed by atoms with Crippen molar-refractivity contribution in [3.63, 3.8) is 0 Å². The fourth-order valence-electron chi connectivity index (χ4n) is 2.33. The second-order valence-electron chi connectivity index (χ2n) is 6.12. The van der Waals surface area contributed by atoms with Crippen LogP contribution >= 0.6 is 58.0 Å². The van der Waals surface area contributed by atoms with Gasteiger partial charge in [0.1, 0.15) is 0 Å². The maximum absolute atomic E-state index is 10.5. The highest BCUT2D eigenvalue weighted by molar-refractivity contribution is 6.83. The van der Waals surface area contributed by atoms with Crippen molar-refractivity contribution in [2.45, 2.75) is 100 Å². The van der Waals surface area contributed by atoms with Crippen LogP contribution in [-0.2, 0) is 4.79 Å². The number of allylic oxidation sites excluding steroid dienone is 2. The third kappa shape index (κ3) is 40.7. The largest absolute Gasteiger partial charge is 0.281 e. The Morgan fingerprint density at radius 1 is 0.720 bits per heavy atom. The smallest absolute Gasteiger partial charge is 0.266 e. The van der Waals surface area contributed by atoms with Gasteiger partial charge in [0, 0.05) is 6.42 Å². The molecule has 1 nitrogen and oxygen atoms in total. The summed E-state index contributed by atoms with van der Waals surface area (Å²) in [6, 6.07) is 0. The van der Waals surface area contributed by atoms with Crippen LogP contribution in [0.1, 0.15) is 96.8 Å². The van der Waals surface area contributed by atoms with E-state index in [-0.39, 0.29) is 5.24 Å². The zero-order chi connectivity index (χ0) is 19.4. The molecule has 0 atom stereocenters. The molecule has 0 aromatic heterocycles. The fraction of sp³-hybridized carbons (Fsp3) is 0.842. The van der Waals surface area contributed by atoms with Crippen LogP contribution in [0.5, 0.6) is 0 Å². The van der Waals surface area contributed by atoms with Gasteiger partial charge in [-0.3, -0.25) is 4.79 Å². The lowest BCUT2D eigenvalue weighted by Crippen LogP contribution is -1.86. The summed E-state index contributed by atoms with van der Waals surface area (Å²) in [6.45, 7) is 2.26. The van der Waals surface area contributed by atoms with E-state index in [9.17, 15) is 4.79 Å². The van der Waals surface area contributed by atoms with Crippen molar-refractivity contribution in [1.29, 1.82) is 0 Å². The van der Waals surface area contributed by atoms with E-state index in [0.717, 1.165) is 12.8 Å². The molecule has 0 heterocycles. The lowest BCUT2D eigenvalue weighted by molar-refractivity contribution is -0.111. The Morgan fingerprint density at radius 3 is 1.48 bits per heavy atom. The summed E-state index contributed by atoms with van der Waals surface area (Å²) in [5, 5.41) is -0.192. The van der Waals surface area contributed by atoms with E-state index in [0.29, 0.717) is 6.42 Å². The average molecular weight is 455 g/mol. The first-order valence-corrected chi connectivity index (χ1v) is 11.2. The molecule has 0 radical (unpaired) electrons. The van der Waals surface area contributed by atoms with Crippen molar-refractivity contribution in [3.05, 3.63) is 12.2 Å². The molecule has 150 valence electrons. The predicted octanol–water partition coefficient (Wildman–Crippen LogP) is 9.34. The highest BCUT2D eigenvalue weighted by Gasteiger charge is 2.11. The van der Waals surface area contributed by atoms with Gasteiger partial charge in [-0.25, -0.2) is 0 Å². The number of carbonyl (C=O) groups excluding carboxylic acids is 1. The van der Waals surface area contributed by atoms with E-state index in [4.69, 9.17) is 58.0 Å². The molecule has 0 aliphatic heterocycles. The number of unbranched alkanes of at least 4 members (excludes halogenated alkanes) is 11. The molecule has 0 spiro atoms. The molecule has 0 aliphatic rings. The van der Waals surface area contributed by atoms with E-state index in [1.807, 2.05) is 0 Å². The molecule has 0 amide bonds. The van der Waals surface area contributed by atoms with E-state index in [1.165, 1.54) is 70.6 Å². The van der Waals surface area contributed by atoms with Crippen LogP contribution in [0.4, 0.5) is 0 Å². The first-order chi connectivity index (χ1) is 11.8. The van der Waals surface area contributed by atoms with Gasteiger partial charge >= 0.3 is 0 Å². The second kappa shape index (κ2) is 21.2. The van der Waals surface area contributed by atoms with Crippen LogP contribution in [0, 0.1) is 0 Å². The average Bonchev–Trinajstić information content (AvgIpc) is 2.49. The zero-order valence-electron chi connectivity index (χ0n) is 15.4. The number of hydrogen-bond donors (Lipinski definition) is 0. The first-order valence-electron chi connectivity index (χ1n) is 9.36. The topological polar surface area (TPSA) is 17.1 Å². The van der Waals surface area contributed by atoms with Gasteiger partial charge in [0.05, 0.1) is 0 Å². The van der Waals surface area contributed by atoms with E-state index >= 15 is 0 Å². The van der Waals surface area contributed by atoms with E-state index < -0.39 is 3.25 Å². The standard InChI is InChI=1S/C18H33ClO.CCl4/c1-2-3-4-5-6-7-8-9-10-11-12-13-14-15-16-17-18(19)20;2-1(3,4)5/h9-10H,2-8,11-17H2,1H3;/b10-9-;. The number of carbonyl (C=O) groups is 1. The van der Waals surface area contributed by atoms with Crippen molar-refractivity contribution in [1.82, 2.24) is 0 Å². The SMILES string of the molecule is CCCCCCCC/C=C\CCCCCCCC(=O)Cl.ClC(Cl)(Cl)Cl. The summed E-state index contributed by atoms with van der Waals surface area (Å²) in [5.41, 5.74) is 0. The van der Waals surface area contributed by atoms with Gasteiger partial charge in [0.25, 0.3) is 3.25 Å². The molecule has 0 rings (SSSR count). The van der Waals surface area contributed by atoms with Crippen LogP contribution in [0.2, 0.25) is 0 Å². The van der Waals surface area contributed by atoms with Gasteiger partial charge in [-0.2, -0.15) is 0 Å². The van der Waals surface area contributed by atoms with E-state index in [2.05, 4.69) is 19.1 Å². The minimum Gasteiger partial charge on any atom is -0.281 e. The van der Waals surface area contributed by atoms with Crippen molar-refractivity contribution >= 4 is 63.2 Å². The van der Waals surface area contributed by atoms with Gasteiger partial charge in [-0.05, 0) is 43.7 Å². The summed E-state index contributed by atoms with van der Waals surface area (Å²) in [6.07, 6.45) is 21.9. The van der Waals surface area contributed by atoms with Crippen LogP contribution in [-0.4, -0.2) is 8.49 Å². The third-order valence-corrected chi connectivity index (χ3v) is 3.82. The van der Waals surface area contributed by atoms with Gasteiger partial charge in [-0.1, -0.05) is 117 Å². The highest BCUT2D eigenvalue weighted by atomic mass is 35.6. The van der Waals surface area contributed by atoms with Crippen LogP contribution < -0.4 is 0 Å². The van der Waals surface area contributed by atoms with Crippen LogP contribution in [0.15, 0.2) is 12.2 Å². The number of hydrogen-bond acceptors (Lipinski definition) is 1. The highest BCUT2D eigenvalue weighted by Crippen LogP contribution is 2.29. The molecule has 0 saturated carbocycles. The van der Waals surface area contributed by atoms with Gasteiger partial charge in [-0.15, -0.1) is 0 Å². The molecule has 6 heteroatoms. The number of rotatable bonds is 15. The summed E-state index contributed by atoms with van der Waals surface area (Å²) >= 11 is 24.6. The Balaban J connectivity index is 0. The third-order valence-electron chi connectivity index (χ3n) is 3.64. The molecule has 0 aromatic carbocycles. The minimum absolute atomic E-state index is 0.192. The Morgan fingerprint density at radius 2 is 1.08 bits per heavy atom. The van der Waals surface area contributed by atoms with Crippen molar-refractivity contribution in [3.8, 4) is 0 Å². The Kier molecular flexibility index (Phi) is 23.8. The van der Waals surface area contributed by atoms with Crippen LogP contribution in [0.25, 0.3) is 0 Å². The Hall–Kier alpha value is 0.860. The first kappa shape index (κ1) is 28.1.